The van der Waals surface area contributed by atoms with Crippen LogP contribution >= 0.6 is 7.60 Å². The number of benzene rings is 2. The SMILES string of the molecule is COP(=O)(OC)[C@@H](Nc1cccc(C(F)(F)F)c1)c1cccc(C)c1. The molecule has 0 aliphatic rings. The lowest BCUT2D eigenvalue weighted by Gasteiger charge is -2.27. The van der Waals surface area contributed by atoms with Crippen molar-refractivity contribution >= 4 is 13.3 Å². The second kappa shape index (κ2) is 7.60. The highest BCUT2D eigenvalue weighted by atomic mass is 31.2. The Kier molecular flexibility index (Phi) is 5.93. The zero-order valence-corrected chi connectivity index (χ0v) is 14.9. The van der Waals surface area contributed by atoms with Gasteiger partial charge in [-0.15, -0.1) is 0 Å². The third-order valence-electron chi connectivity index (χ3n) is 3.68. The highest BCUT2D eigenvalue weighted by molar-refractivity contribution is 7.54. The first-order valence-corrected chi connectivity index (χ1v) is 9.02. The van der Waals surface area contributed by atoms with Crippen LogP contribution in [-0.4, -0.2) is 14.2 Å². The van der Waals surface area contributed by atoms with Crippen molar-refractivity contribution in [3.8, 4) is 0 Å². The van der Waals surface area contributed by atoms with Crippen LogP contribution in [-0.2, 0) is 19.8 Å². The van der Waals surface area contributed by atoms with Crippen molar-refractivity contribution in [3.05, 3.63) is 65.2 Å². The van der Waals surface area contributed by atoms with Gasteiger partial charge in [-0.2, -0.15) is 13.2 Å². The van der Waals surface area contributed by atoms with Gasteiger partial charge in [0.05, 0.1) is 5.56 Å². The maximum absolute atomic E-state index is 12.9. The molecule has 2 rings (SSSR count). The summed E-state index contributed by atoms with van der Waals surface area (Å²) in [4.78, 5) is 0. The van der Waals surface area contributed by atoms with Gasteiger partial charge in [-0.1, -0.05) is 35.9 Å². The lowest BCUT2D eigenvalue weighted by molar-refractivity contribution is -0.137. The maximum Gasteiger partial charge on any atom is 0.416 e. The average molecular weight is 373 g/mol. The van der Waals surface area contributed by atoms with Crippen LogP contribution in [0.1, 0.15) is 22.5 Å². The van der Waals surface area contributed by atoms with Gasteiger partial charge in [-0.25, -0.2) is 0 Å². The number of aryl methyl sites for hydroxylation is 1. The number of rotatable bonds is 6. The summed E-state index contributed by atoms with van der Waals surface area (Å²) >= 11 is 0. The molecule has 0 aromatic heterocycles. The maximum atomic E-state index is 12.9. The predicted molar refractivity (Wildman–Crippen MR) is 90.6 cm³/mol. The van der Waals surface area contributed by atoms with E-state index in [2.05, 4.69) is 5.32 Å². The molecule has 2 aromatic carbocycles. The van der Waals surface area contributed by atoms with Crippen LogP contribution in [0.15, 0.2) is 48.5 Å². The van der Waals surface area contributed by atoms with Crippen molar-refractivity contribution in [2.45, 2.75) is 18.9 Å². The first kappa shape index (κ1) is 19.5. The molecule has 0 saturated heterocycles. The van der Waals surface area contributed by atoms with Crippen LogP contribution in [0.2, 0.25) is 0 Å². The number of nitrogens with one attached hydrogen (secondary N) is 1. The van der Waals surface area contributed by atoms with Gasteiger partial charge >= 0.3 is 13.8 Å². The molecule has 0 amide bonds. The number of anilines is 1. The molecule has 0 fully saturated rings. The van der Waals surface area contributed by atoms with E-state index >= 15 is 0 Å². The minimum atomic E-state index is -4.47. The van der Waals surface area contributed by atoms with Crippen LogP contribution < -0.4 is 5.32 Å². The second-order valence-electron chi connectivity index (χ2n) is 5.44. The first-order chi connectivity index (χ1) is 11.7. The molecule has 136 valence electrons. The molecule has 0 aliphatic heterocycles. The van der Waals surface area contributed by atoms with Gasteiger partial charge in [-0.05, 0) is 30.7 Å². The monoisotopic (exact) mass is 373 g/mol. The summed E-state index contributed by atoms with van der Waals surface area (Å²) < 4.78 is 61.8. The zero-order chi connectivity index (χ0) is 18.7. The van der Waals surface area contributed by atoms with Crippen molar-refractivity contribution in [2.75, 3.05) is 19.5 Å². The molecular weight excluding hydrogens is 354 g/mol. The Morgan fingerprint density at radius 1 is 1.04 bits per heavy atom. The molecule has 0 bridgehead atoms. The fourth-order valence-corrected chi connectivity index (χ4v) is 3.82. The molecule has 8 heteroatoms. The van der Waals surface area contributed by atoms with E-state index in [0.717, 1.165) is 17.7 Å². The molecule has 0 spiro atoms. The summed E-state index contributed by atoms with van der Waals surface area (Å²) in [7, 11) is -1.17. The molecule has 0 aliphatic carbocycles. The van der Waals surface area contributed by atoms with Gasteiger partial charge in [0.1, 0.15) is 0 Å². The Hall–Kier alpha value is -1.82. The first-order valence-electron chi connectivity index (χ1n) is 7.41. The Balaban J connectivity index is 2.46. The number of alkyl halides is 3. The van der Waals surface area contributed by atoms with E-state index in [0.29, 0.717) is 5.56 Å². The Labute approximate surface area is 144 Å². The molecule has 4 nitrogen and oxygen atoms in total. The quantitative estimate of drug-likeness (QED) is 0.669. The summed E-state index contributed by atoms with van der Waals surface area (Å²) in [6.07, 6.45) is -4.47. The fourth-order valence-electron chi connectivity index (χ4n) is 2.41. The van der Waals surface area contributed by atoms with E-state index in [1.54, 1.807) is 18.2 Å². The van der Waals surface area contributed by atoms with Crippen molar-refractivity contribution in [3.63, 3.8) is 0 Å². The average Bonchev–Trinajstić information content (AvgIpc) is 2.58. The van der Waals surface area contributed by atoms with Crippen molar-refractivity contribution < 1.29 is 26.8 Å². The van der Waals surface area contributed by atoms with Crippen LogP contribution in [0, 0.1) is 6.92 Å². The summed E-state index contributed by atoms with van der Waals surface area (Å²) in [5, 5.41) is 2.86. The predicted octanol–water partition coefficient (Wildman–Crippen LogP) is 5.61. The molecule has 1 N–H and O–H groups in total. The van der Waals surface area contributed by atoms with Gasteiger partial charge in [-0.3, -0.25) is 4.57 Å². The number of halogens is 3. The minimum Gasteiger partial charge on any atom is -0.368 e. The second-order valence-corrected chi connectivity index (χ2v) is 7.77. The molecule has 0 unspecified atom stereocenters. The van der Waals surface area contributed by atoms with E-state index in [9.17, 15) is 17.7 Å². The summed E-state index contributed by atoms with van der Waals surface area (Å²) in [6.45, 7) is 1.86. The molecule has 25 heavy (non-hydrogen) atoms. The van der Waals surface area contributed by atoms with E-state index in [-0.39, 0.29) is 5.69 Å². The van der Waals surface area contributed by atoms with Crippen LogP contribution in [0.3, 0.4) is 0 Å². The van der Waals surface area contributed by atoms with Gasteiger partial charge in [0.2, 0.25) is 0 Å². The molecule has 2 aromatic rings. The number of hydrogen-bond acceptors (Lipinski definition) is 4. The van der Waals surface area contributed by atoms with Crippen LogP contribution in [0.5, 0.6) is 0 Å². The third-order valence-corrected chi connectivity index (χ3v) is 5.75. The lowest BCUT2D eigenvalue weighted by Crippen LogP contribution is -2.14. The number of hydrogen-bond donors (Lipinski definition) is 1. The molecule has 0 saturated carbocycles. The molecule has 0 radical (unpaired) electrons. The van der Waals surface area contributed by atoms with Crippen molar-refractivity contribution in [2.24, 2.45) is 0 Å². The van der Waals surface area contributed by atoms with Crippen LogP contribution in [0.25, 0.3) is 0 Å². The molecular formula is C17H19F3NO3P. The summed E-state index contributed by atoms with van der Waals surface area (Å²) in [6, 6.07) is 11.8. The third kappa shape index (κ3) is 4.63. The lowest BCUT2D eigenvalue weighted by atomic mass is 10.1. The Morgan fingerprint density at radius 2 is 1.68 bits per heavy atom. The minimum absolute atomic E-state index is 0.163. The van der Waals surface area contributed by atoms with Crippen molar-refractivity contribution in [1.82, 2.24) is 0 Å². The van der Waals surface area contributed by atoms with Gasteiger partial charge in [0.25, 0.3) is 0 Å². The summed E-state index contributed by atoms with van der Waals surface area (Å²) in [5.41, 5.74) is 0.859. The fraction of sp³-hybridized carbons (Fsp3) is 0.294. The zero-order valence-electron chi connectivity index (χ0n) is 14.0. The Bertz CT molecular complexity index is 772. The van der Waals surface area contributed by atoms with Crippen molar-refractivity contribution in [1.29, 1.82) is 0 Å². The smallest absolute Gasteiger partial charge is 0.368 e. The van der Waals surface area contributed by atoms with Gasteiger partial charge in [0.15, 0.2) is 5.78 Å². The topological polar surface area (TPSA) is 47.6 Å². The van der Waals surface area contributed by atoms with Gasteiger partial charge < -0.3 is 14.4 Å². The normalized spacial score (nSPS) is 13.5. The standard InChI is InChI=1S/C17H19F3NO3P/c1-12-6-4-7-13(10-12)16(25(22,23-2)24-3)21-15-9-5-8-14(11-15)17(18,19)20/h4-11,16,21H,1-3H3/t16-/m1/s1. The molecule has 1 atom stereocenters. The van der Waals surface area contributed by atoms with E-state index < -0.39 is 25.1 Å². The van der Waals surface area contributed by atoms with Crippen LogP contribution in [0.4, 0.5) is 18.9 Å². The highest BCUT2D eigenvalue weighted by Crippen LogP contribution is 2.59. The van der Waals surface area contributed by atoms with E-state index in [1.165, 1.54) is 26.4 Å². The van der Waals surface area contributed by atoms with E-state index in [1.807, 2.05) is 13.0 Å². The van der Waals surface area contributed by atoms with E-state index in [4.69, 9.17) is 9.05 Å². The van der Waals surface area contributed by atoms with Gasteiger partial charge in [0, 0.05) is 19.9 Å². The largest absolute Gasteiger partial charge is 0.416 e. The Morgan fingerprint density at radius 3 is 2.24 bits per heavy atom. The highest BCUT2D eigenvalue weighted by Gasteiger charge is 2.36. The summed E-state index contributed by atoms with van der Waals surface area (Å²) in [5.74, 6) is -0.953. The molecule has 0 heterocycles.